The van der Waals surface area contributed by atoms with Gasteiger partial charge in [-0.05, 0) is 24.6 Å². The van der Waals surface area contributed by atoms with Crippen LogP contribution in [0.3, 0.4) is 0 Å². The van der Waals surface area contributed by atoms with E-state index in [9.17, 15) is 0 Å². The van der Waals surface area contributed by atoms with Gasteiger partial charge in [-0.2, -0.15) is 5.01 Å². The van der Waals surface area contributed by atoms with Crippen LogP contribution in [0.2, 0.25) is 0 Å². The zero-order chi connectivity index (χ0) is 9.26. The van der Waals surface area contributed by atoms with E-state index in [4.69, 9.17) is 0 Å². The van der Waals surface area contributed by atoms with E-state index < -0.39 is 0 Å². The van der Waals surface area contributed by atoms with Gasteiger partial charge in [0.05, 0.1) is 6.54 Å². The molecule has 0 saturated heterocycles. The summed E-state index contributed by atoms with van der Waals surface area (Å²) >= 11 is 0. The van der Waals surface area contributed by atoms with E-state index in [1.165, 1.54) is 16.9 Å². The van der Waals surface area contributed by atoms with Crippen LogP contribution >= 0.6 is 0 Å². The number of nitrogens with one attached hydrogen (secondary N) is 1. The fourth-order valence-corrected chi connectivity index (χ4v) is 1.51. The molecule has 0 aliphatic carbocycles. The Morgan fingerprint density at radius 1 is 1.62 bits per heavy atom. The van der Waals surface area contributed by atoms with Crippen LogP contribution in [0, 0.1) is 6.92 Å². The quantitative estimate of drug-likeness (QED) is 0.516. The van der Waals surface area contributed by atoms with Crippen LogP contribution in [-0.4, -0.2) is 6.54 Å². The molecule has 0 spiro atoms. The normalized spacial score (nSPS) is 13.8. The summed E-state index contributed by atoms with van der Waals surface area (Å²) in [6.07, 6.45) is 1.90. The number of hydrogen-bond donors (Lipinski definition) is 2. The van der Waals surface area contributed by atoms with Gasteiger partial charge in [-0.1, -0.05) is 12.1 Å². The van der Waals surface area contributed by atoms with Gasteiger partial charge in [0, 0.05) is 0 Å². The first kappa shape index (κ1) is 8.13. The molecule has 1 aliphatic heterocycles. The first-order valence-corrected chi connectivity index (χ1v) is 4.39. The van der Waals surface area contributed by atoms with Gasteiger partial charge in [0.1, 0.15) is 11.4 Å². The summed E-state index contributed by atoms with van der Waals surface area (Å²) in [4.78, 5) is 0. The Morgan fingerprint density at radius 2 is 2.46 bits per heavy atom. The highest BCUT2D eigenvalue weighted by Crippen LogP contribution is 2.26. The number of fused-ring (bicyclic) bond motifs is 1. The van der Waals surface area contributed by atoms with Crippen molar-refractivity contribution >= 4 is 11.4 Å². The first-order valence-electron chi connectivity index (χ1n) is 4.39. The Kier molecular flexibility index (Phi) is 1.94. The Balaban J connectivity index is 2.34. The molecule has 0 atom stereocenters. The molecule has 0 fully saturated rings. The van der Waals surface area contributed by atoms with Crippen molar-refractivity contribution in [1.82, 2.24) is 0 Å². The maximum Gasteiger partial charge on any atom is 0.120 e. The molecule has 0 amide bonds. The average Bonchev–Trinajstić information content (AvgIpc) is 2.49. The van der Waals surface area contributed by atoms with Gasteiger partial charge in [0.2, 0.25) is 0 Å². The Morgan fingerprint density at radius 3 is 3.23 bits per heavy atom. The SMILES string of the molecule is C=CCN1[NH2+]Nc2ccc(C)cc21. The van der Waals surface area contributed by atoms with Crippen molar-refractivity contribution in [3.8, 4) is 0 Å². The number of nitrogen functional groups attached to an aromatic ring is 1. The fraction of sp³-hybridized carbons (Fsp3) is 0.200. The molecule has 2 rings (SSSR count). The van der Waals surface area contributed by atoms with Crippen LogP contribution < -0.4 is 16.0 Å². The molecular weight excluding hydrogens is 162 g/mol. The molecule has 1 heterocycles. The molecule has 0 radical (unpaired) electrons. The smallest absolute Gasteiger partial charge is 0.120 e. The third-order valence-electron chi connectivity index (χ3n) is 2.16. The lowest BCUT2D eigenvalue weighted by Gasteiger charge is -2.10. The minimum absolute atomic E-state index is 0.851. The first-order chi connectivity index (χ1) is 6.31. The van der Waals surface area contributed by atoms with Gasteiger partial charge in [0.15, 0.2) is 0 Å². The van der Waals surface area contributed by atoms with Crippen LogP contribution in [0.15, 0.2) is 30.9 Å². The van der Waals surface area contributed by atoms with E-state index in [1.54, 1.807) is 0 Å². The Labute approximate surface area is 78.0 Å². The number of quaternary nitrogens is 1. The van der Waals surface area contributed by atoms with Gasteiger partial charge in [-0.25, -0.2) is 5.43 Å². The van der Waals surface area contributed by atoms with Crippen molar-refractivity contribution in [3.05, 3.63) is 36.4 Å². The van der Waals surface area contributed by atoms with Gasteiger partial charge >= 0.3 is 0 Å². The molecule has 3 nitrogen and oxygen atoms in total. The Bertz CT molecular complexity index is 333. The molecule has 0 aromatic heterocycles. The van der Waals surface area contributed by atoms with Gasteiger partial charge in [0.25, 0.3) is 0 Å². The third-order valence-corrected chi connectivity index (χ3v) is 2.16. The number of benzene rings is 1. The van der Waals surface area contributed by atoms with Crippen molar-refractivity contribution in [2.45, 2.75) is 6.92 Å². The van der Waals surface area contributed by atoms with Crippen LogP contribution in [0.4, 0.5) is 11.4 Å². The predicted octanol–water partition coefficient (Wildman–Crippen LogP) is 0.806. The van der Waals surface area contributed by atoms with Crippen molar-refractivity contribution in [2.24, 2.45) is 0 Å². The highest BCUT2D eigenvalue weighted by Gasteiger charge is 2.20. The molecule has 13 heavy (non-hydrogen) atoms. The molecule has 0 unspecified atom stereocenters. The molecule has 68 valence electrons. The van der Waals surface area contributed by atoms with E-state index >= 15 is 0 Å². The number of nitrogens with two attached hydrogens (primary N) is 1. The minimum atomic E-state index is 0.851. The monoisotopic (exact) mass is 176 g/mol. The minimum Gasteiger partial charge on any atom is -0.213 e. The van der Waals surface area contributed by atoms with E-state index in [1.807, 2.05) is 11.6 Å². The number of rotatable bonds is 2. The van der Waals surface area contributed by atoms with Crippen LogP contribution in [-0.2, 0) is 0 Å². The van der Waals surface area contributed by atoms with Crippen molar-refractivity contribution < 1.29 is 5.53 Å². The lowest BCUT2D eigenvalue weighted by molar-refractivity contribution is -0.630. The van der Waals surface area contributed by atoms with E-state index in [0.29, 0.717) is 0 Å². The van der Waals surface area contributed by atoms with Crippen LogP contribution in [0.1, 0.15) is 5.56 Å². The third kappa shape index (κ3) is 1.38. The molecule has 0 saturated carbocycles. The van der Waals surface area contributed by atoms with Gasteiger partial charge < -0.3 is 0 Å². The van der Waals surface area contributed by atoms with Gasteiger partial charge in [-0.3, -0.25) is 0 Å². The number of nitrogens with zero attached hydrogens (tertiary/aromatic N) is 1. The standard InChI is InChI=1S/C10H13N3/c1-3-6-13-10-7-8(2)4-5-9(10)11-12-13/h3-5,7,11-12H,1,6H2,2H3/p+1. The van der Waals surface area contributed by atoms with E-state index in [-0.39, 0.29) is 0 Å². The number of aryl methyl sites for hydroxylation is 1. The summed E-state index contributed by atoms with van der Waals surface area (Å²) in [6.45, 7) is 6.68. The number of anilines is 2. The molecule has 3 heteroatoms. The van der Waals surface area contributed by atoms with E-state index in [2.05, 4.69) is 42.1 Å². The van der Waals surface area contributed by atoms with Crippen LogP contribution in [0.5, 0.6) is 0 Å². The zero-order valence-corrected chi connectivity index (χ0v) is 7.75. The lowest BCUT2D eigenvalue weighted by Crippen LogP contribution is -2.95. The fourth-order valence-electron chi connectivity index (χ4n) is 1.51. The second-order valence-corrected chi connectivity index (χ2v) is 3.24. The Hall–Kier alpha value is -1.48. The summed E-state index contributed by atoms with van der Waals surface area (Å²) in [5.41, 5.74) is 8.89. The zero-order valence-electron chi connectivity index (χ0n) is 7.75. The average molecular weight is 176 g/mol. The summed E-state index contributed by atoms with van der Waals surface area (Å²) < 4.78 is 0. The molecule has 1 aromatic carbocycles. The molecule has 0 bridgehead atoms. The second-order valence-electron chi connectivity index (χ2n) is 3.24. The summed E-state index contributed by atoms with van der Waals surface area (Å²) in [5.74, 6) is 0. The summed E-state index contributed by atoms with van der Waals surface area (Å²) in [5, 5.41) is 2.15. The highest BCUT2D eigenvalue weighted by atomic mass is 15.7. The van der Waals surface area contributed by atoms with Gasteiger partial charge in [-0.15, -0.1) is 12.1 Å². The maximum absolute atomic E-state index is 3.73. The van der Waals surface area contributed by atoms with Crippen molar-refractivity contribution in [2.75, 3.05) is 17.0 Å². The summed E-state index contributed by atoms with van der Waals surface area (Å²) in [7, 11) is 0. The van der Waals surface area contributed by atoms with Crippen LogP contribution in [0.25, 0.3) is 0 Å². The summed E-state index contributed by atoms with van der Waals surface area (Å²) in [6, 6.07) is 6.39. The van der Waals surface area contributed by atoms with Crippen molar-refractivity contribution in [3.63, 3.8) is 0 Å². The topological polar surface area (TPSA) is 31.9 Å². The molecular formula is C10H14N3+. The molecule has 1 aromatic rings. The van der Waals surface area contributed by atoms with Crippen molar-refractivity contribution in [1.29, 1.82) is 0 Å². The largest absolute Gasteiger partial charge is 0.213 e. The molecule has 1 aliphatic rings. The highest BCUT2D eigenvalue weighted by molar-refractivity contribution is 5.70. The lowest BCUT2D eigenvalue weighted by atomic mass is 10.2. The van der Waals surface area contributed by atoms with E-state index in [0.717, 1.165) is 6.54 Å². The molecule has 3 N–H and O–H groups in total. The predicted molar refractivity (Wildman–Crippen MR) is 54.3 cm³/mol. The second kappa shape index (κ2) is 3.11. The number of hydrogen-bond acceptors (Lipinski definition) is 2. The maximum atomic E-state index is 3.73.